The van der Waals surface area contributed by atoms with Gasteiger partial charge in [-0.15, -0.1) is 0 Å². The fraction of sp³-hybridized carbons (Fsp3) is 0.185. The van der Waals surface area contributed by atoms with Crippen LogP contribution in [0.25, 0.3) is 6.08 Å². The zero-order valence-electron chi connectivity index (χ0n) is 19.3. The first-order chi connectivity index (χ1) is 16.4. The molecule has 7 heteroatoms. The van der Waals surface area contributed by atoms with Crippen LogP contribution >= 0.6 is 22.6 Å². The Balaban J connectivity index is 1.81. The second-order valence-corrected chi connectivity index (χ2v) is 8.76. The average Bonchev–Trinajstić information content (AvgIpc) is 2.83. The minimum absolute atomic E-state index is 0.00658. The molecular formula is C27H26IN3O3. The van der Waals surface area contributed by atoms with Crippen molar-refractivity contribution in [2.75, 3.05) is 30.9 Å². The van der Waals surface area contributed by atoms with Gasteiger partial charge in [0.2, 0.25) is 0 Å². The van der Waals surface area contributed by atoms with Crippen LogP contribution in [0.5, 0.6) is 11.5 Å². The normalized spacial score (nSPS) is 10.9. The molecule has 0 saturated heterocycles. The third-order valence-electron chi connectivity index (χ3n) is 4.88. The zero-order valence-corrected chi connectivity index (χ0v) is 21.5. The molecule has 174 valence electrons. The van der Waals surface area contributed by atoms with E-state index in [1.807, 2.05) is 80.5 Å². The summed E-state index contributed by atoms with van der Waals surface area (Å²) in [6.07, 6.45) is 1.55. The number of nitrogens with one attached hydrogen (secondary N) is 1. The molecule has 0 aliphatic carbocycles. The van der Waals surface area contributed by atoms with Crippen LogP contribution in [0.1, 0.15) is 18.1 Å². The number of rotatable bonds is 9. The molecule has 0 aliphatic rings. The van der Waals surface area contributed by atoms with Crippen LogP contribution in [0, 0.1) is 14.9 Å². The second kappa shape index (κ2) is 12.1. The summed E-state index contributed by atoms with van der Waals surface area (Å²) in [5.74, 6) is 0.721. The van der Waals surface area contributed by atoms with Crippen LogP contribution in [0.15, 0.2) is 72.3 Å². The first-order valence-electron chi connectivity index (χ1n) is 10.7. The Morgan fingerprint density at radius 2 is 1.79 bits per heavy atom. The van der Waals surface area contributed by atoms with Crippen LogP contribution in [0.3, 0.4) is 0 Å². The molecule has 0 spiro atoms. The van der Waals surface area contributed by atoms with Crippen molar-refractivity contribution in [1.29, 1.82) is 5.26 Å². The smallest absolute Gasteiger partial charge is 0.266 e. The fourth-order valence-electron chi connectivity index (χ4n) is 3.16. The number of hydrogen-bond donors (Lipinski definition) is 1. The molecule has 3 aromatic carbocycles. The van der Waals surface area contributed by atoms with Gasteiger partial charge in [0.25, 0.3) is 5.91 Å². The highest BCUT2D eigenvalue weighted by Crippen LogP contribution is 2.35. The molecule has 0 heterocycles. The number of amides is 1. The lowest BCUT2D eigenvalue weighted by atomic mass is 10.1. The van der Waals surface area contributed by atoms with Gasteiger partial charge in [0.1, 0.15) is 18.2 Å². The number of benzene rings is 3. The van der Waals surface area contributed by atoms with Gasteiger partial charge in [-0.3, -0.25) is 4.79 Å². The monoisotopic (exact) mass is 567 g/mol. The number of carbonyl (C=O) groups is 1. The number of nitriles is 1. The van der Waals surface area contributed by atoms with Crippen molar-refractivity contribution in [2.24, 2.45) is 0 Å². The van der Waals surface area contributed by atoms with E-state index in [0.717, 1.165) is 14.8 Å². The topological polar surface area (TPSA) is 74.6 Å². The standard InChI is InChI=1S/C27H26IN3O3/c1-4-33-25-16-20(15-24(28)26(25)34-18-19-8-6-5-7-9-19)14-21(17-29)27(32)30-22-10-12-23(13-11-22)31(2)3/h5-16H,4,18H2,1-3H3,(H,30,32)/b21-14-. The van der Waals surface area contributed by atoms with Gasteiger partial charge in [-0.2, -0.15) is 5.26 Å². The van der Waals surface area contributed by atoms with Crippen LogP contribution in [-0.4, -0.2) is 26.6 Å². The van der Waals surface area contributed by atoms with E-state index in [-0.39, 0.29) is 5.57 Å². The number of anilines is 2. The molecule has 0 atom stereocenters. The molecule has 6 nitrogen and oxygen atoms in total. The molecule has 34 heavy (non-hydrogen) atoms. The molecule has 0 aliphatic heterocycles. The third kappa shape index (κ3) is 6.75. The zero-order chi connectivity index (χ0) is 24.5. The number of hydrogen-bond acceptors (Lipinski definition) is 5. The largest absolute Gasteiger partial charge is 0.490 e. The van der Waals surface area contributed by atoms with Crippen molar-refractivity contribution in [2.45, 2.75) is 13.5 Å². The van der Waals surface area contributed by atoms with Crippen molar-refractivity contribution in [3.05, 3.63) is 87.0 Å². The van der Waals surface area contributed by atoms with Crippen molar-refractivity contribution >= 4 is 45.9 Å². The Morgan fingerprint density at radius 3 is 2.41 bits per heavy atom. The SMILES string of the molecule is CCOc1cc(/C=C(/C#N)C(=O)Nc2ccc(N(C)C)cc2)cc(I)c1OCc1ccccc1. The number of ether oxygens (including phenoxy) is 2. The molecule has 0 aromatic heterocycles. The van der Waals surface area contributed by atoms with Gasteiger partial charge in [0.15, 0.2) is 11.5 Å². The van der Waals surface area contributed by atoms with Crippen LogP contribution in [0.2, 0.25) is 0 Å². The Labute approximate surface area is 213 Å². The summed E-state index contributed by atoms with van der Waals surface area (Å²) in [6.45, 7) is 2.76. The van der Waals surface area contributed by atoms with Gasteiger partial charge in [0, 0.05) is 25.5 Å². The molecule has 0 fully saturated rings. The van der Waals surface area contributed by atoms with E-state index in [0.29, 0.717) is 36.0 Å². The van der Waals surface area contributed by atoms with Crippen LogP contribution < -0.4 is 19.7 Å². The minimum atomic E-state index is -0.475. The fourth-order valence-corrected chi connectivity index (χ4v) is 3.94. The maximum absolute atomic E-state index is 12.7. The molecule has 0 saturated carbocycles. The summed E-state index contributed by atoms with van der Waals surface area (Å²) in [6, 6.07) is 22.9. The van der Waals surface area contributed by atoms with Crippen LogP contribution in [-0.2, 0) is 11.4 Å². The molecule has 0 radical (unpaired) electrons. The van der Waals surface area contributed by atoms with E-state index < -0.39 is 5.91 Å². The molecule has 0 unspecified atom stereocenters. The molecule has 1 N–H and O–H groups in total. The van der Waals surface area contributed by atoms with Gasteiger partial charge in [0.05, 0.1) is 10.2 Å². The molecule has 3 aromatic rings. The summed E-state index contributed by atoms with van der Waals surface area (Å²) in [5.41, 5.74) is 3.35. The lowest BCUT2D eigenvalue weighted by Gasteiger charge is -2.15. The number of carbonyl (C=O) groups excluding carboxylic acids is 1. The first kappa shape index (κ1) is 25.1. The molecule has 3 rings (SSSR count). The lowest BCUT2D eigenvalue weighted by Crippen LogP contribution is -2.14. The van der Waals surface area contributed by atoms with Gasteiger partial charge in [-0.25, -0.2) is 0 Å². The first-order valence-corrected chi connectivity index (χ1v) is 11.8. The Kier molecular flexibility index (Phi) is 8.93. The van der Waals surface area contributed by atoms with E-state index in [9.17, 15) is 10.1 Å². The van der Waals surface area contributed by atoms with Crippen LogP contribution in [0.4, 0.5) is 11.4 Å². The highest BCUT2D eigenvalue weighted by atomic mass is 127. The van der Waals surface area contributed by atoms with E-state index >= 15 is 0 Å². The summed E-state index contributed by atoms with van der Waals surface area (Å²) in [5, 5.41) is 12.4. The van der Waals surface area contributed by atoms with Gasteiger partial charge in [-0.1, -0.05) is 30.3 Å². The van der Waals surface area contributed by atoms with Gasteiger partial charge < -0.3 is 19.7 Å². The molecule has 0 bridgehead atoms. The Hall–Kier alpha value is -3.51. The van der Waals surface area contributed by atoms with Gasteiger partial charge in [-0.05, 0) is 83.1 Å². The minimum Gasteiger partial charge on any atom is -0.490 e. The van der Waals surface area contributed by atoms with Crippen molar-refractivity contribution in [3.63, 3.8) is 0 Å². The summed E-state index contributed by atoms with van der Waals surface area (Å²) in [4.78, 5) is 14.7. The molecular weight excluding hydrogens is 541 g/mol. The summed E-state index contributed by atoms with van der Waals surface area (Å²) >= 11 is 2.18. The van der Waals surface area contributed by atoms with E-state index in [1.54, 1.807) is 24.3 Å². The summed E-state index contributed by atoms with van der Waals surface area (Å²) < 4.78 is 12.7. The maximum Gasteiger partial charge on any atom is 0.266 e. The highest BCUT2D eigenvalue weighted by molar-refractivity contribution is 14.1. The number of nitrogens with zero attached hydrogens (tertiary/aromatic N) is 2. The summed E-state index contributed by atoms with van der Waals surface area (Å²) in [7, 11) is 3.89. The Morgan fingerprint density at radius 1 is 1.09 bits per heavy atom. The van der Waals surface area contributed by atoms with E-state index in [4.69, 9.17) is 9.47 Å². The Bertz CT molecular complexity index is 1200. The predicted octanol–water partition coefficient (Wildman–Crippen LogP) is 5.88. The maximum atomic E-state index is 12.7. The molecule has 1 amide bonds. The van der Waals surface area contributed by atoms with Crippen molar-refractivity contribution in [1.82, 2.24) is 0 Å². The second-order valence-electron chi connectivity index (χ2n) is 7.60. The van der Waals surface area contributed by atoms with Crippen molar-refractivity contribution in [3.8, 4) is 17.6 Å². The van der Waals surface area contributed by atoms with E-state index in [1.165, 1.54) is 0 Å². The lowest BCUT2D eigenvalue weighted by molar-refractivity contribution is -0.112. The average molecular weight is 567 g/mol. The predicted molar refractivity (Wildman–Crippen MR) is 144 cm³/mol. The van der Waals surface area contributed by atoms with Gasteiger partial charge >= 0.3 is 0 Å². The highest BCUT2D eigenvalue weighted by Gasteiger charge is 2.15. The quantitative estimate of drug-likeness (QED) is 0.199. The number of halogens is 1. The third-order valence-corrected chi connectivity index (χ3v) is 5.68. The van der Waals surface area contributed by atoms with E-state index in [2.05, 4.69) is 27.9 Å². The van der Waals surface area contributed by atoms with Crippen molar-refractivity contribution < 1.29 is 14.3 Å².